The summed E-state index contributed by atoms with van der Waals surface area (Å²) in [7, 11) is 1.62. The first-order valence-electron chi connectivity index (χ1n) is 6.67. The second kappa shape index (κ2) is 7.26. The Balaban J connectivity index is 2.48. The van der Waals surface area contributed by atoms with Gasteiger partial charge in [0.25, 0.3) is 5.91 Å². The van der Waals surface area contributed by atoms with Gasteiger partial charge in [0.05, 0.1) is 0 Å². The molecule has 4 heteroatoms. The van der Waals surface area contributed by atoms with Crippen molar-refractivity contribution in [2.24, 2.45) is 5.41 Å². The van der Waals surface area contributed by atoms with Crippen LogP contribution >= 0.6 is 0 Å². The summed E-state index contributed by atoms with van der Waals surface area (Å²) in [5.41, 5.74) is 1.73. The van der Waals surface area contributed by atoms with Crippen molar-refractivity contribution in [1.29, 1.82) is 0 Å². The zero-order valence-electron chi connectivity index (χ0n) is 12.0. The fourth-order valence-electron chi connectivity index (χ4n) is 1.72. The van der Waals surface area contributed by atoms with E-state index in [0.717, 1.165) is 25.1 Å². The molecule has 0 aliphatic rings. The number of aliphatic hydroxyl groups excluding tert-OH is 1. The smallest absolute Gasteiger partial charge is 0.251 e. The van der Waals surface area contributed by atoms with Crippen LogP contribution in [0.4, 0.5) is 0 Å². The maximum absolute atomic E-state index is 11.4. The van der Waals surface area contributed by atoms with Gasteiger partial charge in [0.2, 0.25) is 0 Å². The van der Waals surface area contributed by atoms with E-state index in [4.69, 9.17) is 0 Å². The van der Waals surface area contributed by atoms with Crippen LogP contribution in [0.1, 0.15) is 36.2 Å². The number of carbonyl (C=O) groups is 1. The first-order valence-corrected chi connectivity index (χ1v) is 6.67. The van der Waals surface area contributed by atoms with Gasteiger partial charge in [0, 0.05) is 37.7 Å². The van der Waals surface area contributed by atoms with Crippen LogP contribution in [0, 0.1) is 5.41 Å². The second-order valence-electron chi connectivity index (χ2n) is 5.20. The molecule has 0 saturated carbocycles. The molecular weight excluding hydrogens is 240 g/mol. The van der Waals surface area contributed by atoms with E-state index in [-0.39, 0.29) is 17.9 Å². The van der Waals surface area contributed by atoms with E-state index in [2.05, 4.69) is 24.5 Å². The van der Waals surface area contributed by atoms with E-state index in [0.29, 0.717) is 5.56 Å². The molecule has 1 unspecified atom stereocenters. The third kappa shape index (κ3) is 4.65. The Bertz CT molecular complexity index is 397. The van der Waals surface area contributed by atoms with E-state index >= 15 is 0 Å². The van der Waals surface area contributed by atoms with Crippen molar-refractivity contribution in [2.45, 2.75) is 26.8 Å². The summed E-state index contributed by atoms with van der Waals surface area (Å²) in [4.78, 5) is 11.4. The monoisotopic (exact) mass is 264 g/mol. The van der Waals surface area contributed by atoms with Crippen LogP contribution in [-0.4, -0.2) is 31.2 Å². The van der Waals surface area contributed by atoms with E-state index in [1.807, 2.05) is 24.3 Å². The van der Waals surface area contributed by atoms with Gasteiger partial charge in [-0.3, -0.25) is 4.79 Å². The Kier molecular flexibility index (Phi) is 5.99. The highest BCUT2D eigenvalue weighted by molar-refractivity contribution is 5.93. The molecule has 0 spiro atoms. The van der Waals surface area contributed by atoms with Gasteiger partial charge in [-0.1, -0.05) is 26.0 Å². The predicted molar refractivity (Wildman–Crippen MR) is 77.0 cm³/mol. The van der Waals surface area contributed by atoms with E-state index < -0.39 is 0 Å². The Morgan fingerprint density at radius 3 is 2.42 bits per heavy atom. The standard InChI is InChI=1S/C15H24N2O2/c1-4-15(2,11-18)10-17-9-12-5-7-13(8-6-12)14(19)16-3/h5-8,17-18H,4,9-11H2,1-3H3,(H,16,19). The number of nitrogens with one attached hydrogen (secondary N) is 2. The molecule has 0 saturated heterocycles. The third-order valence-corrected chi connectivity index (χ3v) is 3.56. The zero-order chi connectivity index (χ0) is 14.3. The van der Waals surface area contributed by atoms with Crippen LogP contribution in [0.15, 0.2) is 24.3 Å². The lowest BCUT2D eigenvalue weighted by Crippen LogP contribution is -2.34. The maximum atomic E-state index is 11.4. The van der Waals surface area contributed by atoms with Crippen molar-refractivity contribution in [3.8, 4) is 0 Å². The highest BCUT2D eigenvalue weighted by Gasteiger charge is 2.19. The number of carbonyl (C=O) groups excluding carboxylic acids is 1. The highest BCUT2D eigenvalue weighted by atomic mass is 16.3. The first-order chi connectivity index (χ1) is 9.04. The fraction of sp³-hybridized carbons (Fsp3) is 0.533. The van der Waals surface area contributed by atoms with E-state index in [9.17, 15) is 9.90 Å². The van der Waals surface area contributed by atoms with Crippen LogP contribution in [0.25, 0.3) is 0 Å². The molecule has 1 amide bonds. The first kappa shape index (κ1) is 15.7. The number of hydrogen-bond donors (Lipinski definition) is 3. The lowest BCUT2D eigenvalue weighted by Gasteiger charge is -2.25. The van der Waals surface area contributed by atoms with Crippen molar-refractivity contribution in [1.82, 2.24) is 10.6 Å². The molecule has 1 rings (SSSR count). The average Bonchev–Trinajstić information content (AvgIpc) is 2.47. The summed E-state index contributed by atoms with van der Waals surface area (Å²) < 4.78 is 0. The number of amides is 1. The van der Waals surface area contributed by atoms with Gasteiger partial charge in [-0.05, 0) is 24.1 Å². The lowest BCUT2D eigenvalue weighted by atomic mass is 9.88. The largest absolute Gasteiger partial charge is 0.396 e. The minimum atomic E-state index is -0.0710. The van der Waals surface area contributed by atoms with Crippen molar-refractivity contribution in [2.75, 3.05) is 20.2 Å². The van der Waals surface area contributed by atoms with Gasteiger partial charge in [-0.15, -0.1) is 0 Å². The van der Waals surface area contributed by atoms with Gasteiger partial charge in [-0.2, -0.15) is 0 Å². The zero-order valence-corrected chi connectivity index (χ0v) is 12.0. The molecule has 19 heavy (non-hydrogen) atoms. The number of benzene rings is 1. The molecule has 3 N–H and O–H groups in total. The Hall–Kier alpha value is -1.39. The summed E-state index contributed by atoms with van der Waals surface area (Å²) in [6, 6.07) is 7.53. The molecule has 1 aromatic carbocycles. The molecule has 0 fully saturated rings. The van der Waals surface area contributed by atoms with Crippen LogP contribution in [0.5, 0.6) is 0 Å². The SMILES string of the molecule is CCC(C)(CO)CNCc1ccc(C(=O)NC)cc1. The van der Waals surface area contributed by atoms with Crippen molar-refractivity contribution >= 4 is 5.91 Å². The average molecular weight is 264 g/mol. The van der Waals surface area contributed by atoms with Gasteiger partial charge in [0.1, 0.15) is 0 Å². The van der Waals surface area contributed by atoms with Crippen LogP contribution in [0.3, 0.4) is 0 Å². The highest BCUT2D eigenvalue weighted by Crippen LogP contribution is 2.18. The second-order valence-corrected chi connectivity index (χ2v) is 5.20. The molecule has 0 heterocycles. The normalized spacial score (nSPS) is 13.9. The van der Waals surface area contributed by atoms with Crippen molar-refractivity contribution < 1.29 is 9.90 Å². The molecule has 0 aliphatic heterocycles. The molecule has 4 nitrogen and oxygen atoms in total. The summed E-state index contributed by atoms with van der Waals surface area (Å²) >= 11 is 0. The molecule has 106 valence electrons. The summed E-state index contributed by atoms with van der Waals surface area (Å²) in [6.07, 6.45) is 0.937. The minimum absolute atomic E-state index is 0.0674. The predicted octanol–water partition coefficient (Wildman–Crippen LogP) is 1.54. The summed E-state index contributed by atoms with van der Waals surface area (Å²) in [5.74, 6) is -0.0710. The van der Waals surface area contributed by atoms with Crippen LogP contribution < -0.4 is 10.6 Å². The number of hydrogen-bond acceptors (Lipinski definition) is 3. The van der Waals surface area contributed by atoms with E-state index in [1.54, 1.807) is 7.05 Å². The maximum Gasteiger partial charge on any atom is 0.251 e. The number of rotatable bonds is 7. The van der Waals surface area contributed by atoms with Gasteiger partial charge in [-0.25, -0.2) is 0 Å². The fourth-order valence-corrected chi connectivity index (χ4v) is 1.72. The quantitative estimate of drug-likeness (QED) is 0.700. The Labute approximate surface area is 115 Å². The molecule has 0 aliphatic carbocycles. The minimum Gasteiger partial charge on any atom is -0.396 e. The van der Waals surface area contributed by atoms with Gasteiger partial charge in [0.15, 0.2) is 0 Å². The van der Waals surface area contributed by atoms with Crippen LogP contribution in [-0.2, 0) is 6.54 Å². The third-order valence-electron chi connectivity index (χ3n) is 3.56. The Morgan fingerprint density at radius 2 is 1.95 bits per heavy atom. The van der Waals surface area contributed by atoms with E-state index in [1.165, 1.54) is 0 Å². The molecule has 1 atom stereocenters. The molecule has 1 aromatic rings. The number of aliphatic hydroxyl groups is 1. The van der Waals surface area contributed by atoms with Crippen LogP contribution in [0.2, 0.25) is 0 Å². The molecule has 0 radical (unpaired) electrons. The summed E-state index contributed by atoms with van der Waals surface area (Å²) in [5, 5.41) is 15.3. The topological polar surface area (TPSA) is 61.4 Å². The molecule has 0 bridgehead atoms. The molecule has 0 aromatic heterocycles. The lowest BCUT2D eigenvalue weighted by molar-refractivity contribution is 0.0963. The van der Waals surface area contributed by atoms with Gasteiger partial charge >= 0.3 is 0 Å². The van der Waals surface area contributed by atoms with Crippen molar-refractivity contribution in [3.63, 3.8) is 0 Å². The van der Waals surface area contributed by atoms with Gasteiger partial charge < -0.3 is 15.7 Å². The molecular formula is C15H24N2O2. The summed E-state index contributed by atoms with van der Waals surface area (Å²) in [6.45, 7) is 5.84. The Morgan fingerprint density at radius 1 is 1.32 bits per heavy atom. The van der Waals surface area contributed by atoms with Crippen molar-refractivity contribution in [3.05, 3.63) is 35.4 Å².